The summed E-state index contributed by atoms with van der Waals surface area (Å²) in [5.74, 6) is 0.167. The second-order valence-corrected chi connectivity index (χ2v) is 10.2. The fourth-order valence-corrected chi connectivity index (χ4v) is 4.61. The number of rotatable bonds is 5. The van der Waals surface area contributed by atoms with Crippen LogP contribution in [0.5, 0.6) is 11.5 Å². The van der Waals surface area contributed by atoms with Crippen LogP contribution in [-0.2, 0) is 14.9 Å². The highest BCUT2D eigenvalue weighted by Crippen LogP contribution is 2.42. The topological polar surface area (TPSA) is 96.0 Å². The highest BCUT2D eigenvalue weighted by atomic mass is 32.2. The maximum absolute atomic E-state index is 12.8. The quantitative estimate of drug-likeness (QED) is 0.403. The summed E-state index contributed by atoms with van der Waals surface area (Å²) < 4.78 is 38.6. The molecule has 0 N–H and O–H groups in total. The molecule has 0 amide bonds. The first-order chi connectivity index (χ1) is 13.9. The average Bonchev–Trinajstić information content (AvgIpc) is 2.64. The summed E-state index contributed by atoms with van der Waals surface area (Å²) in [7, 11) is -4.54. The number of nitrogens with zero attached hydrogens (tertiary/aromatic N) is 1. The lowest BCUT2D eigenvalue weighted by molar-refractivity contribution is -0.228. The molecule has 1 heterocycles. The van der Waals surface area contributed by atoms with Gasteiger partial charge in [-0.25, -0.2) is 8.42 Å². The third-order valence-corrected chi connectivity index (χ3v) is 6.05. The van der Waals surface area contributed by atoms with Crippen molar-refractivity contribution in [1.82, 2.24) is 5.06 Å². The van der Waals surface area contributed by atoms with Crippen molar-refractivity contribution in [2.24, 2.45) is 5.92 Å². The monoisotopic (exact) mass is 432 g/mol. The maximum atomic E-state index is 12.8. The third-order valence-electron chi connectivity index (χ3n) is 5.20. The van der Waals surface area contributed by atoms with Gasteiger partial charge in [0.2, 0.25) is 0 Å². The highest BCUT2D eigenvalue weighted by Gasteiger charge is 2.49. The van der Waals surface area contributed by atoms with Gasteiger partial charge in [0, 0.05) is 0 Å². The Hall–Kier alpha value is -2.42. The first kappa shape index (κ1) is 22.3. The van der Waals surface area contributed by atoms with E-state index in [1.165, 1.54) is 12.1 Å². The number of esters is 1. The molecular weight excluding hydrogens is 406 g/mol. The number of hydrogen-bond donors (Lipinski definition) is 0. The Morgan fingerprint density at radius 1 is 0.933 bits per heavy atom. The lowest BCUT2D eigenvalue weighted by atomic mass is 9.75. The van der Waals surface area contributed by atoms with Gasteiger partial charge in [0.25, 0.3) is 0 Å². The number of hydroxylamine groups is 2. The van der Waals surface area contributed by atoms with Crippen LogP contribution in [0.1, 0.15) is 40.5 Å². The van der Waals surface area contributed by atoms with Crippen molar-refractivity contribution in [3.8, 4) is 11.5 Å². The lowest BCUT2D eigenvalue weighted by Gasteiger charge is -2.52. The predicted octanol–water partition coefficient (Wildman–Crippen LogP) is 3.76. The van der Waals surface area contributed by atoms with Crippen molar-refractivity contribution in [3.05, 3.63) is 54.6 Å². The minimum atomic E-state index is -4.54. The zero-order valence-corrected chi connectivity index (χ0v) is 18.3. The number of benzene rings is 2. The SMILES string of the molecule is CC1(C)CC(C(=O)Oc2ccc(S(=O)(=O)[O-])cc2)CC(C)(C)N1Oc1ccccc1. The zero-order chi connectivity index (χ0) is 22.2. The molecule has 7 nitrogen and oxygen atoms in total. The van der Waals surface area contributed by atoms with E-state index in [-0.39, 0.29) is 16.6 Å². The molecule has 1 aliphatic rings. The Labute approximate surface area is 177 Å². The molecule has 0 bridgehead atoms. The summed E-state index contributed by atoms with van der Waals surface area (Å²) >= 11 is 0. The van der Waals surface area contributed by atoms with Gasteiger partial charge in [0.15, 0.2) is 0 Å². The first-order valence-electron chi connectivity index (χ1n) is 9.69. The second kappa shape index (κ2) is 8.02. The van der Waals surface area contributed by atoms with Crippen LogP contribution in [0.3, 0.4) is 0 Å². The molecule has 3 rings (SSSR count). The van der Waals surface area contributed by atoms with Gasteiger partial charge in [-0.2, -0.15) is 0 Å². The molecule has 1 aliphatic heterocycles. The van der Waals surface area contributed by atoms with E-state index >= 15 is 0 Å². The van der Waals surface area contributed by atoms with Crippen molar-refractivity contribution < 1.29 is 27.3 Å². The van der Waals surface area contributed by atoms with Gasteiger partial charge in [-0.15, -0.1) is 5.06 Å². The van der Waals surface area contributed by atoms with Gasteiger partial charge in [-0.05, 0) is 76.9 Å². The summed E-state index contributed by atoms with van der Waals surface area (Å²) in [5.41, 5.74) is -0.885. The molecule has 0 radical (unpaired) electrons. The van der Waals surface area contributed by atoms with Gasteiger partial charge < -0.3 is 14.1 Å². The number of carbonyl (C=O) groups is 1. The maximum Gasteiger partial charge on any atom is 0.314 e. The minimum absolute atomic E-state index is 0.200. The van der Waals surface area contributed by atoms with Crippen molar-refractivity contribution in [2.75, 3.05) is 0 Å². The summed E-state index contributed by atoms with van der Waals surface area (Å²) in [4.78, 5) is 18.6. The van der Waals surface area contributed by atoms with E-state index < -0.39 is 27.2 Å². The molecule has 8 heteroatoms. The summed E-state index contributed by atoms with van der Waals surface area (Å²) in [5, 5.41) is 1.94. The van der Waals surface area contributed by atoms with Crippen LogP contribution in [0, 0.1) is 5.92 Å². The molecule has 0 saturated carbocycles. The van der Waals surface area contributed by atoms with E-state index in [1.54, 1.807) is 0 Å². The highest BCUT2D eigenvalue weighted by molar-refractivity contribution is 7.85. The molecule has 0 unspecified atom stereocenters. The molecular formula is C22H26NO6S-. The Kier molecular flexibility index (Phi) is 5.95. The predicted molar refractivity (Wildman–Crippen MR) is 110 cm³/mol. The molecule has 0 spiro atoms. The fourth-order valence-electron chi connectivity index (χ4n) is 4.14. The summed E-state index contributed by atoms with van der Waals surface area (Å²) in [6.07, 6.45) is 1.05. The Morgan fingerprint density at radius 2 is 1.47 bits per heavy atom. The third kappa shape index (κ3) is 5.00. The van der Waals surface area contributed by atoms with Crippen LogP contribution in [0.4, 0.5) is 0 Å². The Bertz CT molecular complexity index is 982. The van der Waals surface area contributed by atoms with Gasteiger partial charge in [-0.1, -0.05) is 18.2 Å². The molecule has 0 aliphatic carbocycles. The van der Waals surface area contributed by atoms with E-state index in [2.05, 4.69) is 0 Å². The van der Waals surface area contributed by atoms with E-state index in [0.717, 1.165) is 17.9 Å². The molecule has 30 heavy (non-hydrogen) atoms. The summed E-state index contributed by atoms with van der Waals surface area (Å²) in [6, 6.07) is 14.4. The number of para-hydroxylation sites is 1. The van der Waals surface area contributed by atoms with Crippen molar-refractivity contribution in [3.63, 3.8) is 0 Å². The molecule has 0 atom stereocenters. The van der Waals surface area contributed by atoms with Crippen molar-refractivity contribution in [1.29, 1.82) is 0 Å². The molecule has 0 aromatic heterocycles. The average molecular weight is 433 g/mol. The van der Waals surface area contributed by atoms with Crippen LogP contribution in [0.2, 0.25) is 0 Å². The van der Waals surface area contributed by atoms with Crippen LogP contribution in [-0.4, -0.2) is 35.1 Å². The van der Waals surface area contributed by atoms with Crippen LogP contribution >= 0.6 is 0 Å². The normalized spacial score (nSPS) is 19.2. The molecule has 1 fully saturated rings. The van der Waals surface area contributed by atoms with Crippen LogP contribution < -0.4 is 9.57 Å². The first-order valence-corrected chi connectivity index (χ1v) is 11.1. The second-order valence-electron chi connectivity index (χ2n) is 8.78. The largest absolute Gasteiger partial charge is 0.744 e. The van der Waals surface area contributed by atoms with Gasteiger partial charge >= 0.3 is 5.97 Å². The van der Waals surface area contributed by atoms with E-state index in [4.69, 9.17) is 9.57 Å². The smallest absolute Gasteiger partial charge is 0.314 e. The standard InChI is InChI=1S/C22H27NO6S/c1-21(2)14-16(15-22(3,4)23(21)29-18-8-6-5-7-9-18)20(24)28-17-10-12-19(13-11-17)30(25,26)27/h5-13,16H,14-15H2,1-4H3,(H,25,26,27)/p-1. The zero-order valence-electron chi connectivity index (χ0n) is 17.5. The number of carbonyl (C=O) groups excluding carboxylic acids is 1. The van der Waals surface area contributed by atoms with Crippen molar-refractivity contribution >= 4 is 16.1 Å². The number of hydrogen-bond acceptors (Lipinski definition) is 7. The van der Waals surface area contributed by atoms with E-state index in [9.17, 15) is 17.8 Å². The van der Waals surface area contributed by atoms with Crippen LogP contribution in [0.15, 0.2) is 59.5 Å². The molecule has 2 aromatic rings. The lowest BCUT2D eigenvalue weighted by Crippen LogP contribution is -2.63. The summed E-state index contributed by atoms with van der Waals surface area (Å²) in [6.45, 7) is 8.08. The van der Waals surface area contributed by atoms with Gasteiger partial charge in [-0.3, -0.25) is 4.79 Å². The van der Waals surface area contributed by atoms with Crippen molar-refractivity contribution in [2.45, 2.75) is 56.5 Å². The van der Waals surface area contributed by atoms with E-state index in [0.29, 0.717) is 12.8 Å². The van der Waals surface area contributed by atoms with Gasteiger partial charge in [0.05, 0.1) is 21.9 Å². The van der Waals surface area contributed by atoms with E-state index in [1.807, 2.05) is 63.1 Å². The molecule has 2 aromatic carbocycles. The Morgan fingerprint density at radius 3 is 1.97 bits per heavy atom. The number of piperidine rings is 1. The molecule has 162 valence electrons. The molecule has 1 saturated heterocycles. The number of ether oxygens (including phenoxy) is 1. The minimum Gasteiger partial charge on any atom is -0.744 e. The fraction of sp³-hybridized carbons (Fsp3) is 0.409. The van der Waals surface area contributed by atoms with Gasteiger partial charge in [0.1, 0.15) is 21.6 Å². The van der Waals surface area contributed by atoms with Crippen LogP contribution in [0.25, 0.3) is 0 Å². The Balaban J connectivity index is 1.73.